The number of rotatable bonds is 5. The molecule has 21 heavy (non-hydrogen) atoms. The summed E-state index contributed by atoms with van der Waals surface area (Å²) in [6.45, 7) is 4.44. The van der Waals surface area contributed by atoms with Crippen molar-refractivity contribution < 1.29 is 9.32 Å². The normalized spacial score (nSPS) is 10.1. The fraction of sp³-hybridized carbons (Fsp3) is 0.308. The molecule has 4 N–H and O–H groups in total. The van der Waals surface area contributed by atoms with Gasteiger partial charge in [-0.15, -0.1) is 11.3 Å². The van der Waals surface area contributed by atoms with Crippen LogP contribution in [0.15, 0.2) is 10.6 Å². The van der Waals surface area contributed by atoms with Gasteiger partial charge in [-0.05, 0) is 13.3 Å². The monoisotopic (exact) mass is 305 g/mol. The molecule has 0 aliphatic carbocycles. The zero-order chi connectivity index (χ0) is 15.4. The van der Waals surface area contributed by atoms with E-state index in [0.29, 0.717) is 28.7 Å². The lowest BCUT2D eigenvalue weighted by atomic mass is 10.2. The summed E-state index contributed by atoms with van der Waals surface area (Å²) >= 11 is 1.16. The van der Waals surface area contributed by atoms with Crippen molar-refractivity contribution >= 4 is 33.8 Å². The van der Waals surface area contributed by atoms with E-state index < -0.39 is 5.91 Å². The van der Waals surface area contributed by atoms with E-state index in [1.54, 1.807) is 13.0 Å². The van der Waals surface area contributed by atoms with E-state index in [9.17, 15) is 4.79 Å². The summed E-state index contributed by atoms with van der Waals surface area (Å²) in [6.07, 6.45) is 0.905. The molecule has 0 radical (unpaired) electrons. The highest BCUT2D eigenvalue weighted by Crippen LogP contribution is 2.35. The van der Waals surface area contributed by atoms with Gasteiger partial charge in [0.15, 0.2) is 5.82 Å². The number of nitrogens with two attached hydrogens (primary N) is 1. The first-order valence-electron chi connectivity index (χ1n) is 6.37. The summed E-state index contributed by atoms with van der Waals surface area (Å²) < 4.78 is 4.88. The Labute approximate surface area is 125 Å². The van der Waals surface area contributed by atoms with E-state index in [0.717, 1.165) is 17.8 Å². The van der Waals surface area contributed by atoms with Crippen LogP contribution in [0.25, 0.3) is 0 Å². The highest BCUT2D eigenvalue weighted by atomic mass is 32.1. The van der Waals surface area contributed by atoms with E-state index in [1.807, 2.05) is 13.0 Å². The number of thiophene rings is 1. The number of nitrogens with zero attached hydrogens (tertiary/aromatic N) is 2. The minimum absolute atomic E-state index is 0.179. The molecule has 8 heteroatoms. The van der Waals surface area contributed by atoms with Crippen LogP contribution in [0.1, 0.15) is 34.3 Å². The number of carbonyl (C=O) groups is 1. The lowest BCUT2D eigenvalue weighted by molar-refractivity contribution is 0.103. The summed E-state index contributed by atoms with van der Waals surface area (Å²) in [5.74, 6) is 0.492. The Hall–Kier alpha value is -2.53. The summed E-state index contributed by atoms with van der Waals surface area (Å²) in [4.78, 5) is 12.5. The molecule has 0 spiro atoms. The fourth-order valence-electron chi connectivity index (χ4n) is 1.68. The van der Waals surface area contributed by atoms with Crippen LogP contribution in [0, 0.1) is 18.3 Å². The molecule has 0 aromatic carbocycles. The molecule has 0 saturated heterocycles. The number of anilines is 3. The van der Waals surface area contributed by atoms with Gasteiger partial charge in [-0.3, -0.25) is 4.79 Å². The molecule has 0 atom stereocenters. The van der Waals surface area contributed by atoms with Gasteiger partial charge in [0.25, 0.3) is 5.91 Å². The van der Waals surface area contributed by atoms with Crippen LogP contribution in [-0.2, 0) is 0 Å². The molecule has 2 aromatic rings. The summed E-state index contributed by atoms with van der Waals surface area (Å²) in [7, 11) is 0. The largest absolute Gasteiger partial charge is 0.396 e. The zero-order valence-electron chi connectivity index (χ0n) is 11.7. The van der Waals surface area contributed by atoms with E-state index in [1.165, 1.54) is 0 Å². The van der Waals surface area contributed by atoms with Crippen LogP contribution in [0.5, 0.6) is 0 Å². The molecule has 0 unspecified atom stereocenters. The van der Waals surface area contributed by atoms with Crippen LogP contribution >= 0.6 is 11.3 Å². The molecule has 0 bridgehead atoms. The Kier molecular flexibility index (Phi) is 4.45. The second kappa shape index (κ2) is 6.28. The molecular weight excluding hydrogens is 290 g/mol. The highest BCUT2D eigenvalue weighted by molar-refractivity contribution is 7.19. The highest BCUT2D eigenvalue weighted by Gasteiger charge is 2.21. The molecule has 7 nitrogen and oxygen atoms in total. The first-order valence-corrected chi connectivity index (χ1v) is 7.19. The zero-order valence-corrected chi connectivity index (χ0v) is 12.5. The number of nitriles is 1. The Morgan fingerprint density at radius 2 is 2.38 bits per heavy atom. The van der Waals surface area contributed by atoms with Crippen LogP contribution in [0.2, 0.25) is 0 Å². The van der Waals surface area contributed by atoms with Gasteiger partial charge in [-0.1, -0.05) is 12.1 Å². The molecule has 2 aromatic heterocycles. The van der Waals surface area contributed by atoms with Crippen LogP contribution in [-0.4, -0.2) is 17.6 Å². The molecule has 0 saturated carbocycles. The maximum Gasteiger partial charge on any atom is 0.269 e. The van der Waals surface area contributed by atoms with Crippen molar-refractivity contribution in [2.75, 3.05) is 22.9 Å². The number of nitrogen functional groups attached to an aromatic ring is 1. The standard InChI is InChI=1S/C13H15N5O2S/c1-3-4-16-13-8(6-14)10(15)11(21-13)12(19)17-9-5-7(2)20-18-9/h5,16H,3-4,15H2,1-2H3,(H,17,18,19). The van der Waals surface area contributed by atoms with Crippen molar-refractivity contribution in [1.29, 1.82) is 5.26 Å². The second-order valence-electron chi connectivity index (χ2n) is 4.36. The van der Waals surface area contributed by atoms with Gasteiger partial charge in [0.05, 0.1) is 5.69 Å². The average Bonchev–Trinajstić information content (AvgIpc) is 3.00. The third-order valence-corrected chi connectivity index (χ3v) is 3.83. The Morgan fingerprint density at radius 3 is 2.95 bits per heavy atom. The van der Waals surface area contributed by atoms with Crippen molar-refractivity contribution in [3.63, 3.8) is 0 Å². The molecule has 1 amide bonds. The Morgan fingerprint density at radius 1 is 1.62 bits per heavy atom. The van der Waals surface area contributed by atoms with E-state index in [-0.39, 0.29) is 10.6 Å². The van der Waals surface area contributed by atoms with Crippen molar-refractivity contribution in [2.45, 2.75) is 20.3 Å². The summed E-state index contributed by atoms with van der Waals surface area (Å²) in [6, 6.07) is 3.63. The van der Waals surface area contributed by atoms with Crippen molar-refractivity contribution in [3.8, 4) is 6.07 Å². The van der Waals surface area contributed by atoms with Gasteiger partial charge in [0.1, 0.15) is 27.3 Å². The molecular formula is C13H15N5O2S. The predicted octanol–water partition coefficient (Wildman–Crippen LogP) is 2.57. The molecule has 0 aliphatic rings. The first-order chi connectivity index (χ1) is 10.1. The summed E-state index contributed by atoms with van der Waals surface area (Å²) in [5, 5.41) is 19.1. The third kappa shape index (κ3) is 3.14. The van der Waals surface area contributed by atoms with Gasteiger partial charge in [0, 0.05) is 12.6 Å². The summed E-state index contributed by atoms with van der Waals surface area (Å²) in [5.41, 5.74) is 6.37. The quantitative estimate of drug-likeness (QED) is 0.781. The van der Waals surface area contributed by atoms with Crippen molar-refractivity contribution in [2.24, 2.45) is 0 Å². The van der Waals surface area contributed by atoms with Gasteiger partial charge in [0.2, 0.25) is 0 Å². The minimum atomic E-state index is -0.410. The van der Waals surface area contributed by atoms with Crippen LogP contribution in [0.3, 0.4) is 0 Å². The van der Waals surface area contributed by atoms with Gasteiger partial charge >= 0.3 is 0 Å². The number of hydrogen-bond donors (Lipinski definition) is 3. The first kappa shape index (κ1) is 14.9. The maximum atomic E-state index is 12.2. The van der Waals surface area contributed by atoms with Gasteiger partial charge < -0.3 is 20.9 Å². The predicted molar refractivity (Wildman–Crippen MR) is 81.4 cm³/mol. The fourth-order valence-corrected chi connectivity index (χ4v) is 2.68. The number of hydrogen-bond acceptors (Lipinski definition) is 7. The topological polar surface area (TPSA) is 117 Å². The SMILES string of the molecule is CCCNc1sc(C(=O)Nc2cc(C)on2)c(N)c1C#N. The number of amides is 1. The molecule has 110 valence electrons. The maximum absolute atomic E-state index is 12.2. The molecule has 2 heterocycles. The molecule has 0 fully saturated rings. The van der Waals surface area contributed by atoms with Gasteiger partial charge in [-0.25, -0.2) is 0 Å². The van der Waals surface area contributed by atoms with E-state index in [4.69, 9.17) is 15.5 Å². The Balaban J connectivity index is 2.24. The Bertz CT molecular complexity index is 698. The van der Waals surface area contributed by atoms with E-state index in [2.05, 4.69) is 15.8 Å². The second-order valence-corrected chi connectivity index (χ2v) is 5.39. The number of aromatic nitrogens is 1. The number of aryl methyl sites for hydroxylation is 1. The average molecular weight is 305 g/mol. The number of carbonyl (C=O) groups excluding carboxylic acids is 1. The lowest BCUT2D eigenvalue weighted by Crippen LogP contribution is -2.12. The van der Waals surface area contributed by atoms with Crippen molar-refractivity contribution in [1.82, 2.24) is 5.16 Å². The smallest absolute Gasteiger partial charge is 0.269 e. The van der Waals surface area contributed by atoms with Gasteiger partial charge in [-0.2, -0.15) is 5.26 Å². The number of nitrogens with one attached hydrogen (secondary N) is 2. The van der Waals surface area contributed by atoms with Crippen LogP contribution < -0.4 is 16.4 Å². The van der Waals surface area contributed by atoms with E-state index >= 15 is 0 Å². The minimum Gasteiger partial charge on any atom is -0.396 e. The van der Waals surface area contributed by atoms with Crippen LogP contribution in [0.4, 0.5) is 16.5 Å². The molecule has 0 aliphatic heterocycles. The van der Waals surface area contributed by atoms with Crippen molar-refractivity contribution in [3.05, 3.63) is 22.3 Å². The lowest BCUT2D eigenvalue weighted by Gasteiger charge is -2.00. The third-order valence-electron chi connectivity index (χ3n) is 2.67. The molecule has 2 rings (SSSR count).